The maximum atomic E-state index is 12.5. The second-order valence-corrected chi connectivity index (χ2v) is 5.72. The van der Waals surface area contributed by atoms with Crippen molar-refractivity contribution in [3.63, 3.8) is 0 Å². The van der Waals surface area contributed by atoms with E-state index in [2.05, 4.69) is 20.7 Å². The van der Waals surface area contributed by atoms with E-state index >= 15 is 0 Å². The molecule has 1 aromatic carbocycles. The topological polar surface area (TPSA) is 66.8 Å². The molecule has 1 fully saturated rings. The first-order valence-corrected chi connectivity index (χ1v) is 7.13. The number of likely N-dealkylation sites (tertiary alicyclic amines) is 1. The van der Waals surface area contributed by atoms with Gasteiger partial charge in [0.15, 0.2) is 0 Å². The molecule has 1 N–H and O–H groups in total. The monoisotopic (exact) mass is 361 g/mol. The van der Waals surface area contributed by atoms with Gasteiger partial charge in [0.05, 0.1) is 23.8 Å². The summed E-state index contributed by atoms with van der Waals surface area (Å²) >= 11 is 9.34. The van der Waals surface area contributed by atoms with Crippen LogP contribution in [0.3, 0.4) is 0 Å². The molecule has 20 heavy (non-hydrogen) atoms. The lowest BCUT2D eigenvalue weighted by Crippen LogP contribution is -2.41. The first kappa shape index (κ1) is 15.3. The SMILES string of the molecule is COC(=O)C1CC(O)CN1C(=O)c1cccc(Br)c1Cl. The summed E-state index contributed by atoms with van der Waals surface area (Å²) in [4.78, 5) is 25.5. The maximum absolute atomic E-state index is 12.5. The third-order valence-corrected chi connectivity index (χ3v) is 4.49. The summed E-state index contributed by atoms with van der Waals surface area (Å²) in [5.41, 5.74) is 0.282. The number of esters is 1. The summed E-state index contributed by atoms with van der Waals surface area (Å²) in [7, 11) is 1.25. The second-order valence-electron chi connectivity index (χ2n) is 4.49. The average Bonchev–Trinajstić information content (AvgIpc) is 2.82. The van der Waals surface area contributed by atoms with Crippen LogP contribution in [0.2, 0.25) is 5.02 Å². The first-order valence-electron chi connectivity index (χ1n) is 5.96. The van der Waals surface area contributed by atoms with Gasteiger partial charge in [-0.2, -0.15) is 0 Å². The van der Waals surface area contributed by atoms with Gasteiger partial charge < -0.3 is 14.7 Å². The van der Waals surface area contributed by atoms with Gasteiger partial charge >= 0.3 is 5.97 Å². The minimum absolute atomic E-state index is 0.0848. The van der Waals surface area contributed by atoms with Gasteiger partial charge in [-0.1, -0.05) is 17.7 Å². The van der Waals surface area contributed by atoms with Crippen LogP contribution in [0.5, 0.6) is 0 Å². The Hall–Kier alpha value is -1.11. The van der Waals surface area contributed by atoms with Crippen molar-refractivity contribution in [2.75, 3.05) is 13.7 Å². The normalized spacial score (nSPS) is 21.9. The summed E-state index contributed by atoms with van der Waals surface area (Å²) in [6, 6.07) is 4.20. The van der Waals surface area contributed by atoms with Crippen LogP contribution in [0.4, 0.5) is 0 Å². The number of ether oxygens (including phenoxy) is 1. The molecule has 1 aromatic rings. The van der Waals surface area contributed by atoms with Crippen LogP contribution in [0.1, 0.15) is 16.8 Å². The molecule has 5 nitrogen and oxygen atoms in total. The molecule has 1 aliphatic rings. The lowest BCUT2D eigenvalue weighted by Gasteiger charge is -2.23. The van der Waals surface area contributed by atoms with E-state index in [0.717, 1.165) is 0 Å². The summed E-state index contributed by atoms with van der Waals surface area (Å²) in [5, 5.41) is 9.97. The molecule has 1 aliphatic heterocycles. The van der Waals surface area contributed by atoms with Gasteiger partial charge in [0.25, 0.3) is 5.91 Å². The van der Waals surface area contributed by atoms with Crippen molar-refractivity contribution in [3.05, 3.63) is 33.3 Å². The highest BCUT2D eigenvalue weighted by Gasteiger charge is 2.40. The molecule has 0 spiro atoms. The Morgan fingerprint density at radius 2 is 2.20 bits per heavy atom. The number of halogens is 2. The van der Waals surface area contributed by atoms with Crippen LogP contribution in [0.25, 0.3) is 0 Å². The van der Waals surface area contributed by atoms with Crippen LogP contribution < -0.4 is 0 Å². The molecular weight excluding hydrogens is 350 g/mol. The van der Waals surface area contributed by atoms with Crippen LogP contribution >= 0.6 is 27.5 Å². The zero-order valence-electron chi connectivity index (χ0n) is 10.7. The fraction of sp³-hybridized carbons (Fsp3) is 0.385. The number of carbonyl (C=O) groups excluding carboxylic acids is 2. The number of nitrogens with zero attached hydrogens (tertiary/aromatic N) is 1. The predicted molar refractivity (Wildman–Crippen MR) is 76.6 cm³/mol. The van der Waals surface area contributed by atoms with E-state index in [9.17, 15) is 14.7 Å². The summed E-state index contributed by atoms with van der Waals surface area (Å²) in [5.74, 6) is -0.940. The zero-order chi connectivity index (χ0) is 14.9. The number of amides is 1. The highest BCUT2D eigenvalue weighted by molar-refractivity contribution is 9.10. The van der Waals surface area contributed by atoms with E-state index in [4.69, 9.17) is 11.6 Å². The largest absolute Gasteiger partial charge is 0.467 e. The second kappa shape index (κ2) is 6.11. The van der Waals surface area contributed by atoms with Crippen LogP contribution in [0.15, 0.2) is 22.7 Å². The number of hydrogen-bond donors (Lipinski definition) is 1. The molecule has 0 bridgehead atoms. The summed E-state index contributed by atoms with van der Waals surface area (Å²) in [6.45, 7) is 0.0848. The molecule has 0 radical (unpaired) electrons. The van der Waals surface area contributed by atoms with E-state index in [0.29, 0.717) is 4.47 Å². The van der Waals surface area contributed by atoms with Crippen LogP contribution in [-0.2, 0) is 9.53 Å². The molecule has 1 saturated heterocycles. The smallest absolute Gasteiger partial charge is 0.328 e. The third-order valence-electron chi connectivity index (χ3n) is 3.20. The van der Waals surface area contributed by atoms with E-state index in [-0.39, 0.29) is 23.6 Å². The van der Waals surface area contributed by atoms with E-state index < -0.39 is 24.0 Å². The number of β-amino-alcohol motifs (C(OH)–C–C–N with tert-alkyl or cyclic N) is 1. The molecule has 108 valence electrons. The molecule has 1 heterocycles. The number of carbonyl (C=O) groups is 2. The molecule has 0 aromatic heterocycles. The lowest BCUT2D eigenvalue weighted by molar-refractivity contribution is -0.145. The molecule has 7 heteroatoms. The molecule has 2 atom stereocenters. The van der Waals surface area contributed by atoms with Crippen molar-refractivity contribution in [1.29, 1.82) is 0 Å². The molecule has 2 unspecified atom stereocenters. The molecular formula is C13H13BrClNO4. The first-order chi connectivity index (χ1) is 9.45. The van der Waals surface area contributed by atoms with E-state index in [1.54, 1.807) is 18.2 Å². The number of aliphatic hydroxyl groups excluding tert-OH is 1. The summed E-state index contributed by atoms with van der Waals surface area (Å²) < 4.78 is 5.26. The minimum atomic E-state index is -0.780. The van der Waals surface area contributed by atoms with Crippen molar-refractivity contribution in [2.24, 2.45) is 0 Å². The van der Waals surface area contributed by atoms with Gasteiger partial charge in [0.2, 0.25) is 0 Å². The Bertz CT molecular complexity index is 551. The van der Waals surface area contributed by atoms with E-state index in [1.165, 1.54) is 12.0 Å². The van der Waals surface area contributed by atoms with Crippen LogP contribution in [0, 0.1) is 0 Å². The Morgan fingerprint density at radius 3 is 2.85 bits per heavy atom. The number of hydrogen-bond acceptors (Lipinski definition) is 4. The Kier molecular flexibility index (Phi) is 4.67. The Morgan fingerprint density at radius 1 is 1.50 bits per heavy atom. The summed E-state index contributed by atoms with van der Waals surface area (Å²) in [6.07, 6.45) is -0.571. The zero-order valence-corrected chi connectivity index (χ0v) is 13.0. The molecule has 0 aliphatic carbocycles. The molecule has 1 amide bonds. The highest BCUT2D eigenvalue weighted by Crippen LogP contribution is 2.29. The van der Waals surface area contributed by atoms with E-state index in [1.807, 2.05) is 0 Å². The maximum Gasteiger partial charge on any atom is 0.328 e. The number of aliphatic hydroxyl groups is 1. The van der Waals surface area contributed by atoms with Crippen molar-refractivity contribution in [2.45, 2.75) is 18.6 Å². The van der Waals surface area contributed by atoms with Crippen molar-refractivity contribution in [1.82, 2.24) is 4.90 Å². The lowest BCUT2D eigenvalue weighted by atomic mass is 10.1. The predicted octanol–water partition coefficient (Wildman–Crippen LogP) is 1.85. The highest BCUT2D eigenvalue weighted by atomic mass is 79.9. The quantitative estimate of drug-likeness (QED) is 0.816. The van der Waals surface area contributed by atoms with Gasteiger partial charge in [-0.15, -0.1) is 0 Å². The molecule has 0 saturated carbocycles. The average molecular weight is 363 g/mol. The fourth-order valence-corrected chi connectivity index (χ4v) is 2.79. The van der Waals surface area contributed by atoms with Crippen molar-refractivity contribution < 1.29 is 19.4 Å². The number of methoxy groups -OCH3 is 1. The van der Waals surface area contributed by atoms with Gasteiger partial charge in [0.1, 0.15) is 6.04 Å². The third kappa shape index (κ3) is 2.82. The van der Waals surface area contributed by atoms with Crippen molar-refractivity contribution >= 4 is 39.4 Å². The number of benzene rings is 1. The standard InChI is InChI=1S/C13H13BrClNO4/c1-20-13(19)10-5-7(17)6-16(10)12(18)8-3-2-4-9(14)11(8)15/h2-4,7,10,17H,5-6H2,1H3. The van der Waals surface area contributed by atoms with Gasteiger partial charge in [-0.05, 0) is 28.1 Å². The van der Waals surface area contributed by atoms with Gasteiger partial charge in [-0.25, -0.2) is 4.79 Å². The van der Waals surface area contributed by atoms with Crippen molar-refractivity contribution in [3.8, 4) is 0 Å². The fourth-order valence-electron chi connectivity index (χ4n) is 2.22. The van der Waals surface area contributed by atoms with Crippen LogP contribution in [-0.4, -0.2) is 47.7 Å². The van der Waals surface area contributed by atoms with Gasteiger partial charge in [0, 0.05) is 17.4 Å². The number of rotatable bonds is 2. The molecule has 2 rings (SSSR count). The van der Waals surface area contributed by atoms with Gasteiger partial charge in [-0.3, -0.25) is 4.79 Å². The Labute approximate surface area is 129 Å². The minimum Gasteiger partial charge on any atom is -0.467 e. The Balaban J connectivity index is 2.31.